The van der Waals surface area contributed by atoms with Crippen LogP contribution in [0.3, 0.4) is 0 Å². The standard InChI is InChI=1S/C64H40N2O/c1-2-16-45(17-3-1)66-60-36-30-43(38-58(60)59-39-44(31-37-61(59)66)49-24-12-15-42-14-4-5-18-48(42)49)41-28-32-46(33-29-41)65(62-26-13-25-56-55-23-10-11-27-63(55)67-64(56)62)47-34-35-54-52-21-7-6-19-50(52)51-20-8-9-22-53(51)57(54)40-47/h1-40H. The number of anilines is 3. The van der Waals surface area contributed by atoms with Gasteiger partial charge in [0.05, 0.1) is 16.7 Å². The van der Waals surface area contributed by atoms with Gasteiger partial charge in [0.2, 0.25) is 0 Å². The summed E-state index contributed by atoms with van der Waals surface area (Å²) in [5, 5.41) is 14.6. The van der Waals surface area contributed by atoms with E-state index < -0.39 is 0 Å². The van der Waals surface area contributed by atoms with Crippen LogP contribution in [0.4, 0.5) is 17.1 Å². The molecule has 0 radical (unpaired) electrons. The molecule has 0 spiro atoms. The maximum Gasteiger partial charge on any atom is 0.159 e. The molecule has 0 bridgehead atoms. The number of nitrogens with zero attached hydrogens (tertiary/aromatic N) is 2. The second-order valence-electron chi connectivity index (χ2n) is 17.6. The van der Waals surface area contributed by atoms with Crippen molar-refractivity contribution >= 4 is 104 Å². The van der Waals surface area contributed by atoms with Gasteiger partial charge in [0.25, 0.3) is 0 Å². The second kappa shape index (κ2) is 14.8. The van der Waals surface area contributed by atoms with Crippen LogP contribution in [0.25, 0.3) is 115 Å². The van der Waals surface area contributed by atoms with Crippen LogP contribution < -0.4 is 4.90 Å². The first kappa shape index (κ1) is 37.5. The molecule has 2 heterocycles. The topological polar surface area (TPSA) is 21.3 Å². The Morgan fingerprint density at radius 3 is 1.60 bits per heavy atom. The summed E-state index contributed by atoms with van der Waals surface area (Å²) in [4.78, 5) is 2.36. The lowest BCUT2D eigenvalue weighted by Crippen LogP contribution is -2.10. The minimum Gasteiger partial charge on any atom is -0.454 e. The molecule has 0 amide bonds. The van der Waals surface area contributed by atoms with E-state index in [4.69, 9.17) is 4.42 Å². The molecule has 0 saturated heterocycles. The van der Waals surface area contributed by atoms with Gasteiger partial charge in [0.15, 0.2) is 5.58 Å². The summed E-state index contributed by atoms with van der Waals surface area (Å²) in [7, 11) is 0. The van der Waals surface area contributed by atoms with Crippen molar-refractivity contribution in [3.05, 3.63) is 243 Å². The largest absolute Gasteiger partial charge is 0.454 e. The highest BCUT2D eigenvalue weighted by molar-refractivity contribution is 6.26. The van der Waals surface area contributed by atoms with Crippen molar-refractivity contribution in [2.75, 3.05) is 4.90 Å². The predicted molar refractivity (Wildman–Crippen MR) is 284 cm³/mol. The van der Waals surface area contributed by atoms with Crippen LogP contribution in [0.15, 0.2) is 247 Å². The van der Waals surface area contributed by atoms with Gasteiger partial charge < -0.3 is 13.9 Å². The van der Waals surface area contributed by atoms with Gasteiger partial charge in [-0.1, -0.05) is 170 Å². The number of hydrogen-bond acceptors (Lipinski definition) is 2. The van der Waals surface area contributed by atoms with E-state index >= 15 is 0 Å². The van der Waals surface area contributed by atoms with Gasteiger partial charge in [-0.05, 0) is 138 Å². The summed E-state index contributed by atoms with van der Waals surface area (Å²) in [6.45, 7) is 0. The molecular weight excluding hydrogens is 813 g/mol. The van der Waals surface area contributed by atoms with Gasteiger partial charge in [-0.15, -0.1) is 0 Å². The Bertz CT molecular complexity index is 4230. The van der Waals surface area contributed by atoms with Crippen molar-refractivity contribution < 1.29 is 4.42 Å². The van der Waals surface area contributed by atoms with Crippen molar-refractivity contribution in [1.82, 2.24) is 4.57 Å². The Labute approximate surface area is 386 Å². The smallest absolute Gasteiger partial charge is 0.159 e. The van der Waals surface area contributed by atoms with E-state index in [1.54, 1.807) is 0 Å². The first-order valence-corrected chi connectivity index (χ1v) is 23.0. The third-order valence-electron chi connectivity index (χ3n) is 13.9. The van der Waals surface area contributed by atoms with E-state index in [0.29, 0.717) is 0 Å². The zero-order valence-corrected chi connectivity index (χ0v) is 36.4. The van der Waals surface area contributed by atoms with Gasteiger partial charge in [0.1, 0.15) is 5.58 Å². The average molecular weight is 853 g/mol. The number of aromatic nitrogens is 1. The lowest BCUT2D eigenvalue weighted by atomic mass is 9.94. The third-order valence-corrected chi connectivity index (χ3v) is 13.9. The van der Waals surface area contributed by atoms with E-state index in [2.05, 4.69) is 246 Å². The third kappa shape index (κ3) is 5.85. The lowest BCUT2D eigenvalue weighted by molar-refractivity contribution is 0.669. The quantitative estimate of drug-likeness (QED) is 0.155. The highest BCUT2D eigenvalue weighted by atomic mass is 16.3. The lowest BCUT2D eigenvalue weighted by Gasteiger charge is -2.26. The highest BCUT2D eigenvalue weighted by Gasteiger charge is 2.22. The van der Waals surface area contributed by atoms with Crippen LogP contribution in [-0.2, 0) is 0 Å². The number of fused-ring (bicyclic) bond motifs is 13. The Morgan fingerprint density at radius 1 is 0.313 bits per heavy atom. The molecule has 14 rings (SSSR count). The van der Waals surface area contributed by atoms with Crippen LogP contribution in [-0.4, -0.2) is 4.57 Å². The fourth-order valence-electron chi connectivity index (χ4n) is 10.9. The van der Waals surface area contributed by atoms with E-state index in [9.17, 15) is 0 Å². The fraction of sp³-hybridized carbons (Fsp3) is 0. The molecule has 12 aromatic carbocycles. The molecule has 0 saturated carbocycles. The molecule has 0 aliphatic heterocycles. The Balaban J connectivity index is 0.944. The molecule has 14 aromatic rings. The van der Waals surface area contributed by atoms with Gasteiger partial charge in [-0.25, -0.2) is 0 Å². The zero-order chi connectivity index (χ0) is 44.0. The minimum absolute atomic E-state index is 0.861. The molecule has 67 heavy (non-hydrogen) atoms. The van der Waals surface area contributed by atoms with Crippen LogP contribution in [0.5, 0.6) is 0 Å². The van der Waals surface area contributed by atoms with Crippen molar-refractivity contribution in [3.63, 3.8) is 0 Å². The molecule has 0 fully saturated rings. The Hall–Kier alpha value is -8.92. The van der Waals surface area contributed by atoms with Crippen molar-refractivity contribution in [3.8, 4) is 27.9 Å². The normalized spacial score (nSPS) is 11.9. The van der Waals surface area contributed by atoms with Crippen LogP contribution in [0.1, 0.15) is 0 Å². The summed E-state index contributed by atoms with van der Waals surface area (Å²) in [5.41, 5.74) is 13.1. The molecule has 0 unspecified atom stereocenters. The number of benzene rings is 12. The maximum absolute atomic E-state index is 6.74. The average Bonchev–Trinajstić information content (AvgIpc) is 3.95. The van der Waals surface area contributed by atoms with Crippen molar-refractivity contribution in [1.29, 1.82) is 0 Å². The van der Waals surface area contributed by atoms with Crippen molar-refractivity contribution in [2.45, 2.75) is 0 Å². The number of rotatable bonds is 6. The van der Waals surface area contributed by atoms with Gasteiger partial charge in [-0.2, -0.15) is 0 Å². The van der Waals surface area contributed by atoms with E-state index in [0.717, 1.165) is 55.8 Å². The zero-order valence-electron chi connectivity index (χ0n) is 36.4. The monoisotopic (exact) mass is 852 g/mol. The van der Waals surface area contributed by atoms with Crippen LogP contribution in [0, 0.1) is 0 Å². The molecule has 3 nitrogen and oxygen atoms in total. The SMILES string of the molecule is c1ccc(-n2c3ccc(-c4ccc(N(c5ccc6c7ccccc7c7ccccc7c6c5)c5cccc6c5oc5ccccc56)cc4)cc3c3cc(-c4cccc5ccccc45)ccc32)cc1. The van der Waals surface area contributed by atoms with Gasteiger partial charge in [0, 0.05) is 38.6 Å². The Morgan fingerprint density at radius 2 is 0.851 bits per heavy atom. The second-order valence-corrected chi connectivity index (χ2v) is 17.6. The van der Waals surface area contributed by atoms with Crippen LogP contribution >= 0.6 is 0 Å². The molecule has 0 aliphatic carbocycles. The summed E-state index contributed by atoms with van der Waals surface area (Å²) in [6, 6.07) is 88.3. The first-order chi connectivity index (χ1) is 33.2. The summed E-state index contributed by atoms with van der Waals surface area (Å²) in [6.07, 6.45) is 0. The summed E-state index contributed by atoms with van der Waals surface area (Å²) < 4.78 is 9.14. The molecule has 3 heteroatoms. The molecule has 2 aromatic heterocycles. The minimum atomic E-state index is 0.861. The molecular formula is C64H40N2O. The van der Waals surface area contributed by atoms with Gasteiger partial charge >= 0.3 is 0 Å². The summed E-state index contributed by atoms with van der Waals surface area (Å²) >= 11 is 0. The predicted octanol–water partition coefficient (Wildman–Crippen LogP) is 18.1. The van der Waals surface area contributed by atoms with Crippen molar-refractivity contribution in [2.24, 2.45) is 0 Å². The molecule has 0 aliphatic rings. The van der Waals surface area contributed by atoms with Gasteiger partial charge in [-0.3, -0.25) is 0 Å². The number of para-hydroxylation sites is 3. The molecule has 0 N–H and O–H groups in total. The summed E-state index contributed by atoms with van der Waals surface area (Å²) in [5.74, 6) is 0. The molecule has 312 valence electrons. The van der Waals surface area contributed by atoms with E-state index in [1.807, 2.05) is 6.07 Å². The van der Waals surface area contributed by atoms with E-state index in [1.165, 1.54) is 76.0 Å². The first-order valence-electron chi connectivity index (χ1n) is 23.0. The highest BCUT2D eigenvalue weighted by Crippen LogP contribution is 2.46. The number of hydrogen-bond donors (Lipinski definition) is 0. The fourth-order valence-corrected chi connectivity index (χ4v) is 10.9. The Kier molecular flexibility index (Phi) is 8.28. The number of furan rings is 1. The maximum atomic E-state index is 6.74. The molecule has 0 atom stereocenters. The van der Waals surface area contributed by atoms with E-state index in [-0.39, 0.29) is 0 Å². The van der Waals surface area contributed by atoms with Crippen LogP contribution in [0.2, 0.25) is 0 Å².